The molecule has 2 heterocycles. The van der Waals surface area contributed by atoms with E-state index in [-0.39, 0.29) is 18.0 Å². The lowest BCUT2D eigenvalue weighted by Gasteiger charge is -2.09. The quantitative estimate of drug-likeness (QED) is 0.804. The molecule has 8 nitrogen and oxygen atoms in total. The highest BCUT2D eigenvalue weighted by atomic mass is 32.2. The second kappa shape index (κ2) is 7.31. The second-order valence-corrected chi connectivity index (χ2v) is 6.19. The number of aromatic nitrogens is 2. The van der Waals surface area contributed by atoms with Crippen molar-refractivity contribution in [3.63, 3.8) is 0 Å². The number of nitrogens with one attached hydrogen (secondary N) is 1. The molecule has 1 aliphatic heterocycles. The first-order valence-electron chi connectivity index (χ1n) is 7.44. The number of amides is 2. The van der Waals surface area contributed by atoms with Crippen LogP contribution in [0.5, 0.6) is 0 Å². The number of thioether (sulfide) groups is 1. The van der Waals surface area contributed by atoms with Gasteiger partial charge in [-0.15, -0.1) is 5.10 Å². The van der Waals surface area contributed by atoms with Crippen LogP contribution in [0, 0.1) is 0 Å². The highest BCUT2D eigenvalue weighted by Crippen LogP contribution is 2.16. The summed E-state index contributed by atoms with van der Waals surface area (Å²) in [6.45, 7) is -0.265. The van der Waals surface area contributed by atoms with E-state index in [2.05, 4.69) is 15.6 Å². The minimum absolute atomic E-state index is 0.0774. The summed E-state index contributed by atoms with van der Waals surface area (Å²) in [6, 6.07) is 12.3. The van der Waals surface area contributed by atoms with Gasteiger partial charge in [-0.3, -0.25) is 19.3 Å². The zero-order chi connectivity index (χ0) is 17.8. The number of rotatable bonds is 4. The van der Waals surface area contributed by atoms with Crippen LogP contribution >= 0.6 is 11.8 Å². The van der Waals surface area contributed by atoms with Crippen LogP contribution in [0.15, 0.2) is 52.4 Å². The summed E-state index contributed by atoms with van der Waals surface area (Å²) in [4.78, 5) is 36.7. The van der Waals surface area contributed by atoms with Crippen molar-refractivity contribution in [1.29, 1.82) is 0 Å². The largest absolute Gasteiger partial charge is 0.292 e. The van der Waals surface area contributed by atoms with Gasteiger partial charge in [0.15, 0.2) is 5.17 Å². The Labute approximate surface area is 147 Å². The maximum atomic E-state index is 12.0. The van der Waals surface area contributed by atoms with Crippen molar-refractivity contribution in [2.75, 3.05) is 12.8 Å². The van der Waals surface area contributed by atoms with E-state index in [0.29, 0.717) is 16.6 Å². The molecule has 25 heavy (non-hydrogen) atoms. The Bertz CT molecular complexity index is 894. The Hall–Kier alpha value is -2.94. The summed E-state index contributed by atoms with van der Waals surface area (Å²) < 4.78 is 1.08. The van der Waals surface area contributed by atoms with E-state index in [1.807, 2.05) is 30.3 Å². The summed E-state index contributed by atoms with van der Waals surface area (Å²) in [6.07, 6.45) is 0. The van der Waals surface area contributed by atoms with Gasteiger partial charge in [0.25, 0.3) is 11.5 Å². The zero-order valence-electron chi connectivity index (χ0n) is 13.4. The zero-order valence-corrected chi connectivity index (χ0v) is 14.2. The number of carbonyl (C=O) groups excluding carboxylic acids is 2. The van der Waals surface area contributed by atoms with Crippen LogP contribution in [0.4, 0.5) is 0 Å². The number of hydrazone groups is 1. The molecule has 3 rings (SSSR count). The molecule has 0 atom stereocenters. The normalized spacial score (nSPS) is 15.6. The first kappa shape index (κ1) is 16.9. The fourth-order valence-electron chi connectivity index (χ4n) is 2.14. The maximum Gasteiger partial charge on any atom is 0.267 e. The molecule has 0 saturated carbocycles. The van der Waals surface area contributed by atoms with E-state index in [9.17, 15) is 14.4 Å². The number of carbonyl (C=O) groups is 2. The van der Waals surface area contributed by atoms with Crippen LogP contribution in [0.25, 0.3) is 11.3 Å². The lowest BCUT2D eigenvalue weighted by atomic mass is 10.1. The number of benzene rings is 1. The van der Waals surface area contributed by atoms with E-state index < -0.39 is 5.91 Å². The first-order chi connectivity index (χ1) is 12.0. The molecule has 0 unspecified atom stereocenters. The molecular weight excluding hydrogens is 342 g/mol. The van der Waals surface area contributed by atoms with Crippen molar-refractivity contribution >= 4 is 28.7 Å². The molecule has 1 aromatic heterocycles. The molecule has 1 aliphatic rings. The molecule has 2 aromatic rings. The van der Waals surface area contributed by atoms with Gasteiger partial charge in [0.2, 0.25) is 5.91 Å². The monoisotopic (exact) mass is 357 g/mol. The lowest BCUT2D eigenvalue weighted by molar-refractivity contribution is -0.124. The van der Waals surface area contributed by atoms with Crippen molar-refractivity contribution in [1.82, 2.24) is 20.1 Å². The van der Waals surface area contributed by atoms with Gasteiger partial charge >= 0.3 is 0 Å². The molecule has 2 amide bonds. The average molecular weight is 357 g/mol. The smallest absolute Gasteiger partial charge is 0.267 e. The standard InChI is InChI=1S/C16H15N5O3S/c1-20-15(24)10-25-16(20)18-17-13(22)9-21-14(23)8-7-12(19-21)11-5-3-2-4-6-11/h2-8H,9-10H2,1H3,(H,17,22)/b18-16-. The van der Waals surface area contributed by atoms with Gasteiger partial charge in [-0.1, -0.05) is 42.1 Å². The fraction of sp³-hybridized carbons (Fsp3) is 0.188. The molecular formula is C16H15N5O3S. The number of amidine groups is 1. The predicted molar refractivity (Wildman–Crippen MR) is 94.7 cm³/mol. The van der Waals surface area contributed by atoms with Crippen molar-refractivity contribution in [3.8, 4) is 11.3 Å². The molecule has 0 radical (unpaired) electrons. The minimum Gasteiger partial charge on any atom is -0.292 e. The molecule has 1 fully saturated rings. The predicted octanol–water partition coefficient (Wildman–Crippen LogP) is 0.503. The lowest BCUT2D eigenvalue weighted by Crippen LogP contribution is -2.33. The van der Waals surface area contributed by atoms with Gasteiger partial charge in [-0.05, 0) is 6.07 Å². The Morgan fingerprint density at radius 3 is 2.68 bits per heavy atom. The first-order valence-corrected chi connectivity index (χ1v) is 8.42. The van der Waals surface area contributed by atoms with E-state index in [1.165, 1.54) is 22.7 Å². The Morgan fingerprint density at radius 1 is 1.24 bits per heavy atom. The van der Waals surface area contributed by atoms with Gasteiger partial charge < -0.3 is 0 Å². The SMILES string of the molecule is CN1C(=O)CS/C1=N\NC(=O)Cn1nc(-c2ccccc2)ccc1=O. The topological polar surface area (TPSA) is 96.7 Å². The van der Waals surface area contributed by atoms with Gasteiger partial charge in [0, 0.05) is 18.7 Å². The third-order valence-corrected chi connectivity index (χ3v) is 4.51. The van der Waals surface area contributed by atoms with E-state index in [0.717, 1.165) is 10.2 Å². The van der Waals surface area contributed by atoms with Crippen molar-refractivity contribution < 1.29 is 9.59 Å². The number of hydrogen-bond donors (Lipinski definition) is 1. The molecule has 0 bridgehead atoms. The summed E-state index contributed by atoms with van der Waals surface area (Å²) in [5.41, 5.74) is 3.40. The Balaban J connectivity index is 1.72. The minimum atomic E-state index is -0.499. The average Bonchev–Trinajstić information content (AvgIpc) is 2.94. The Kier molecular flexibility index (Phi) is 4.94. The summed E-state index contributed by atoms with van der Waals surface area (Å²) in [7, 11) is 1.59. The Morgan fingerprint density at radius 2 is 2.00 bits per heavy atom. The third-order valence-electron chi connectivity index (χ3n) is 3.49. The highest BCUT2D eigenvalue weighted by Gasteiger charge is 2.24. The van der Waals surface area contributed by atoms with Gasteiger partial charge in [-0.25, -0.2) is 10.1 Å². The highest BCUT2D eigenvalue weighted by molar-refractivity contribution is 8.15. The van der Waals surface area contributed by atoms with Gasteiger partial charge in [0.1, 0.15) is 6.54 Å². The van der Waals surface area contributed by atoms with Crippen LogP contribution in [0.3, 0.4) is 0 Å². The van der Waals surface area contributed by atoms with Gasteiger partial charge in [0.05, 0.1) is 11.4 Å². The fourth-order valence-corrected chi connectivity index (χ4v) is 2.99. The van der Waals surface area contributed by atoms with E-state index >= 15 is 0 Å². The van der Waals surface area contributed by atoms with Crippen molar-refractivity contribution in [2.24, 2.45) is 5.10 Å². The molecule has 1 aromatic carbocycles. The maximum absolute atomic E-state index is 12.0. The van der Waals surface area contributed by atoms with Crippen LogP contribution < -0.4 is 11.0 Å². The van der Waals surface area contributed by atoms with Crippen LogP contribution in [0.2, 0.25) is 0 Å². The summed E-state index contributed by atoms with van der Waals surface area (Å²) >= 11 is 1.24. The van der Waals surface area contributed by atoms with Crippen molar-refractivity contribution in [3.05, 3.63) is 52.8 Å². The van der Waals surface area contributed by atoms with Crippen LogP contribution in [-0.2, 0) is 16.1 Å². The molecule has 0 spiro atoms. The van der Waals surface area contributed by atoms with Crippen LogP contribution in [0.1, 0.15) is 0 Å². The molecule has 128 valence electrons. The number of hydrogen-bond acceptors (Lipinski definition) is 6. The van der Waals surface area contributed by atoms with Crippen LogP contribution in [-0.4, -0.2) is 44.5 Å². The number of nitrogens with zero attached hydrogens (tertiary/aromatic N) is 4. The molecule has 1 saturated heterocycles. The van der Waals surface area contributed by atoms with Gasteiger partial charge in [-0.2, -0.15) is 5.10 Å². The van der Waals surface area contributed by atoms with Crippen molar-refractivity contribution in [2.45, 2.75) is 6.54 Å². The molecule has 0 aliphatic carbocycles. The summed E-state index contributed by atoms with van der Waals surface area (Å²) in [5, 5.41) is 8.53. The summed E-state index contributed by atoms with van der Waals surface area (Å²) in [5.74, 6) is -0.280. The second-order valence-electron chi connectivity index (χ2n) is 5.25. The molecule has 9 heteroatoms. The van der Waals surface area contributed by atoms with E-state index in [4.69, 9.17) is 0 Å². The third kappa shape index (κ3) is 3.94. The molecule has 1 N–H and O–H groups in total. The van der Waals surface area contributed by atoms with E-state index in [1.54, 1.807) is 13.1 Å².